The van der Waals surface area contributed by atoms with Crippen LogP contribution in [-0.2, 0) is 6.54 Å². The molecule has 0 spiro atoms. The second-order valence-corrected chi connectivity index (χ2v) is 5.55. The van der Waals surface area contributed by atoms with E-state index < -0.39 is 0 Å². The highest BCUT2D eigenvalue weighted by molar-refractivity contribution is 14.0. The molecule has 0 amide bonds. The molecule has 5 heteroatoms. The largest absolute Gasteiger partial charge is 0.349 e. The Kier molecular flexibility index (Phi) is 10.4. The Labute approximate surface area is 146 Å². The van der Waals surface area contributed by atoms with Gasteiger partial charge < -0.3 is 14.7 Å². The van der Waals surface area contributed by atoms with E-state index in [0.29, 0.717) is 0 Å². The summed E-state index contributed by atoms with van der Waals surface area (Å²) in [4.78, 5) is 11.1. The Balaban J connectivity index is 0.00000400. The van der Waals surface area contributed by atoms with Crippen molar-refractivity contribution in [1.82, 2.24) is 14.7 Å². The summed E-state index contributed by atoms with van der Waals surface area (Å²) >= 11 is 0. The normalized spacial score (nSPS) is 10.0. The van der Waals surface area contributed by atoms with Gasteiger partial charge in [-0.3, -0.25) is 4.99 Å². The molecule has 0 atom stereocenters. The van der Waals surface area contributed by atoms with Gasteiger partial charge in [-0.05, 0) is 25.6 Å². The smallest absolute Gasteiger partial charge is 0.195 e. The molecule has 0 aliphatic carbocycles. The molecule has 0 N–H and O–H groups in total. The molecule has 1 rings (SSSR count). The van der Waals surface area contributed by atoms with E-state index in [4.69, 9.17) is 0 Å². The fraction of sp³-hybridized carbons (Fsp3) is 0.562. The van der Waals surface area contributed by atoms with Gasteiger partial charge >= 0.3 is 0 Å². The standard InChI is InChI=1S/C16H28N4.HI/c1-18(2)16(19(3)4)17-12-9-13-20(5)14-15-10-7-6-8-11-15;/h6-8,10-11H,9,12-14H2,1-5H3;1H. The molecular formula is C16H29IN4. The number of hydrogen-bond acceptors (Lipinski definition) is 2. The molecule has 120 valence electrons. The predicted octanol–water partition coefficient (Wildman–Crippen LogP) is 2.61. The van der Waals surface area contributed by atoms with Crippen molar-refractivity contribution >= 4 is 29.9 Å². The van der Waals surface area contributed by atoms with Crippen LogP contribution in [0, 0.1) is 0 Å². The van der Waals surface area contributed by atoms with E-state index in [1.165, 1.54) is 5.56 Å². The number of guanidine groups is 1. The minimum Gasteiger partial charge on any atom is -0.349 e. The molecule has 0 aliphatic rings. The van der Waals surface area contributed by atoms with Crippen molar-refractivity contribution in [3.63, 3.8) is 0 Å². The SMILES string of the molecule is CN(CCCN=C(N(C)C)N(C)C)Cc1ccccc1.I. The van der Waals surface area contributed by atoms with Gasteiger partial charge in [0, 0.05) is 41.3 Å². The summed E-state index contributed by atoms with van der Waals surface area (Å²) in [7, 11) is 10.3. The minimum atomic E-state index is 0. The summed E-state index contributed by atoms with van der Waals surface area (Å²) in [6, 6.07) is 10.6. The van der Waals surface area contributed by atoms with Crippen molar-refractivity contribution in [3.05, 3.63) is 35.9 Å². The maximum absolute atomic E-state index is 4.64. The lowest BCUT2D eigenvalue weighted by molar-refractivity contribution is 0.323. The molecule has 0 aliphatic heterocycles. The Morgan fingerprint density at radius 3 is 2.05 bits per heavy atom. The van der Waals surface area contributed by atoms with Crippen LogP contribution in [0.2, 0.25) is 0 Å². The van der Waals surface area contributed by atoms with Gasteiger partial charge in [0.1, 0.15) is 0 Å². The molecule has 0 radical (unpaired) electrons. The highest BCUT2D eigenvalue weighted by Gasteiger charge is 2.04. The van der Waals surface area contributed by atoms with Crippen LogP contribution in [0.4, 0.5) is 0 Å². The maximum Gasteiger partial charge on any atom is 0.195 e. The van der Waals surface area contributed by atoms with Crippen molar-refractivity contribution in [2.24, 2.45) is 4.99 Å². The van der Waals surface area contributed by atoms with Crippen molar-refractivity contribution in [3.8, 4) is 0 Å². The Morgan fingerprint density at radius 1 is 0.952 bits per heavy atom. The summed E-state index contributed by atoms with van der Waals surface area (Å²) in [5.41, 5.74) is 1.36. The average molecular weight is 404 g/mol. The van der Waals surface area contributed by atoms with Crippen LogP contribution in [0.15, 0.2) is 35.3 Å². The zero-order valence-corrected chi connectivity index (χ0v) is 16.2. The van der Waals surface area contributed by atoms with Crippen LogP contribution in [0.1, 0.15) is 12.0 Å². The lowest BCUT2D eigenvalue weighted by Gasteiger charge is -2.23. The highest BCUT2D eigenvalue weighted by atomic mass is 127. The first-order chi connectivity index (χ1) is 9.50. The second-order valence-electron chi connectivity index (χ2n) is 5.55. The third-order valence-electron chi connectivity index (χ3n) is 3.05. The molecule has 1 aromatic carbocycles. The summed E-state index contributed by atoms with van der Waals surface area (Å²) in [5.74, 6) is 1.02. The molecule has 1 aromatic rings. The van der Waals surface area contributed by atoms with Gasteiger partial charge in [0.25, 0.3) is 0 Å². The van der Waals surface area contributed by atoms with Crippen LogP contribution in [0.3, 0.4) is 0 Å². The number of halogens is 1. The van der Waals surface area contributed by atoms with Crippen LogP contribution < -0.4 is 0 Å². The minimum absolute atomic E-state index is 0. The van der Waals surface area contributed by atoms with E-state index in [1.807, 2.05) is 38.0 Å². The number of rotatable bonds is 6. The molecule has 21 heavy (non-hydrogen) atoms. The van der Waals surface area contributed by atoms with Crippen LogP contribution in [-0.4, -0.2) is 69.0 Å². The first-order valence-electron chi connectivity index (χ1n) is 7.12. The molecular weight excluding hydrogens is 375 g/mol. The fourth-order valence-electron chi connectivity index (χ4n) is 2.18. The molecule has 0 fully saturated rings. The molecule has 0 unspecified atom stereocenters. The third-order valence-corrected chi connectivity index (χ3v) is 3.05. The molecule has 0 bridgehead atoms. The predicted molar refractivity (Wildman–Crippen MR) is 102 cm³/mol. The summed E-state index contributed by atoms with van der Waals surface area (Å²) in [6.07, 6.45) is 1.08. The fourth-order valence-corrected chi connectivity index (χ4v) is 2.18. The van der Waals surface area contributed by atoms with E-state index in [0.717, 1.165) is 32.0 Å². The molecule has 4 nitrogen and oxygen atoms in total. The van der Waals surface area contributed by atoms with Gasteiger partial charge in [-0.2, -0.15) is 0 Å². The summed E-state index contributed by atoms with van der Waals surface area (Å²) < 4.78 is 0. The van der Waals surface area contributed by atoms with Gasteiger partial charge in [0.05, 0.1) is 0 Å². The average Bonchev–Trinajstić information content (AvgIpc) is 2.38. The van der Waals surface area contributed by atoms with Gasteiger partial charge in [-0.1, -0.05) is 30.3 Å². The first kappa shape index (κ1) is 20.2. The third kappa shape index (κ3) is 8.26. The summed E-state index contributed by atoms with van der Waals surface area (Å²) in [5, 5.41) is 0. The van der Waals surface area contributed by atoms with Gasteiger partial charge in [0.15, 0.2) is 5.96 Å². The zero-order chi connectivity index (χ0) is 15.0. The number of benzene rings is 1. The Bertz CT molecular complexity index is 394. The highest BCUT2D eigenvalue weighted by Crippen LogP contribution is 2.03. The van der Waals surface area contributed by atoms with E-state index in [9.17, 15) is 0 Å². The van der Waals surface area contributed by atoms with Crippen LogP contribution in [0.25, 0.3) is 0 Å². The van der Waals surface area contributed by atoms with E-state index >= 15 is 0 Å². The van der Waals surface area contributed by atoms with Crippen molar-refractivity contribution in [2.45, 2.75) is 13.0 Å². The van der Waals surface area contributed by atoms with E-state index in [2.05, 4.69) is 47.3 Å². The Hall–Kier alpha value is -0.820. The van der Waals surface area contributed by atoms with Gasteiger partial charge in [-0.25, -0.2) is 0 Å². The number of hydrogen-bond donors (Lipinski definition) is 0. The van der Waals surface area contributed by atoms with Crippen molar-refractivity contribution in [2.75, 3.05) is 48.3 Å². The van der Waals surface area contributed by atoms with Crippen LogP contribution >= 0.6 is 24.0 Å². The second kappa shape index (κ2) is 10.8. The molecule has 0 aromatic heterocycles. The molecule has 0 heterocycles. The van der Waals surface area contributed by atoms with Crippen molar-refractivity contribution in [1.29, 1.82) is 0 Å². The van der Waals surface area contributed by atoms with Crippen LogP contribution in [0.5, 0.6) is 0 Å². The van der Waals surface area contributed by atoms with Gasteiger partial charge in [0.2, 0.25) is 0 Å². The first-order valence-corrected chi connectivity index (χ1v) is 7.12. The molecule has 0 saturated heterocycles. The number of aliphatic imine (C=N–C) groups is 1. The van der Waals surface area contributed by atoms with Crippen molar-refractivity contribution < 1.29 is 0 Å². The lowest BCUT2D eigenvalue weighted by Crippen LogP contribution is -2.35. The van der Waals surface area contributed by atoms with E-state index in [-0.39, 0.29) is 24.0 Å². The summed E-state index contributed by atoms with van der Waals surface area (Å²) in [6.45, 7) is 2.93. The lowest BCUT2D eigenvalue weighted by atomic mass is 10.2. The maximum atomic E-state index is 4.64. The quantitative estimate of drug-likeness (QED) is 0.315. The Morgan fingerprint density at radius 2 is 1.52 bits per heavy atom. The van der Waals surface area contributed by atoms with Gasteiger partial charge in [-0.15, -0.1) is 24.0 Å². The zero-order valence-electron chi connectivity index (χ0n) is 13.9. The van der Waals surface area contributed by atoms with E-state index in [1.54, 1.807) is 0 Å². The molecule has 0 saturated carbocycles. The topological polar surface area (TPSA) is 22.1 Å². The number of nitrogens with zero attached hydrogens (tertiary/aromatic N) is 4. The monoisotopic (exact) mass is 404 g/mol.